The van der Waals surface area contributed by atoms with Gasteiger partial charge in [0.15, 0.2) is 0 Å². The molecule has 0 fully saturated rings. The molecule has 0 aliphatic heterocycles. The zero-order valence-corrected chi connectivity index (χ0v) is 9.65. The van der Waals surface area contributed by atoms with Crippen molar-refractivity contribution in [2.75, 3.05) is 5.73 Å². The van der Waals surface area contributed by atoms with Gasteiger partial charge in [-0.1, -0.05) is 17.3 Å². The number of benzene rings is 1. The largest absolute Gasteiger partial charge is 0.367 e. The van der Waals surface area contributed by atoms with Gasteiger partial charge in [-0.15, -0.1) is 0 Å². The van der Waals surface area contributed by atoms with E-state index in [-0.39, 0.29) is 0 Å². The van der Waals surface area contributed by atoms with E-state index in [4.69, 9.17) is 10.3 Å². The predicted octanol–water partition coefficient (Wildman–Crippen LogP) is 2.56. The van der Waals surface area contributed by atoms with Crippen molar-refractivity contribution in [3.05, 3.63) is 29.0 Å². The molecule has 16 heavy (non-hydrogen) atoms. The fraction of sp³-hybridized carbons (Fsp3) is 0. The van der Waals surface area contributed by atoms with E-state index in [2.05, 4.69) is 31.3 Å². The first-order chi connectivity index (χ1) is 7.77. The van der Waals surface area contributed by atoms with E-state index in [1.807, 2.05) is 18.2 Å². The topological polar surface area (TPSA) is 80.7 Å². The molecule has 0 unspecified atom stereocenters. The highest BCUT2D eigenvalue weighted by Gasteiger charge is 2.14. The molecule has 2 aromatic heterocycles. The first kappa shape index (κ1) is 9.41. The van der Waals surface area contributed by atoms with Crippen molar-refractivity contribution in [2.45, 2.75) is 0 Å². The van der Waals surface area contributed by atoms with Gasteiger partial charge in [0, 0.05) is 10.9 Å². The van der Waals surface area contributed by atoms with Gasteiger partial charge in [0.05, 0.1) is 17.3 Å². The summed E-state index contributed by atoms with van der Waals surface area (Å²) in [7, 11) is 0. The Kier molecular flexibility index (Phi) is 1.97. The van der Waals surface area contributed by atoms with Crippen LogP contribution in [0.4, 0.5) is 5.88 Å². The molecule has 0 aliphatic rings. The minimum atomic E-state index is 0.306. The van der Waals surface area contributed by atoms with E-state index >= 15 is 0 Å². The van der Waals surface area contributed by atoms with Gasteiger partial charge in [-0.05, 0) is 22.0 Å². The molecule has 2 heterocycles. The lowest BCUT2D eigenvalue weighted by molar-refractivity contribution is 0.436. The summed E-state index contributed by atoms with van der Waals surface area (Å²) in [6.45, 7) is 0. The normalized spacial score (nSPS) is 11.1. The van der Waals surface area contributed by atoms with Crippen LogP contribution in [0.25, 0.3) is 22.0 Å². The summed E-state index contributed by atoms with van der Waals surface area (Å²) < 4.78 is 5.68. The number of nitrogens with two attached hydrogens (primary N) is 1. The van der Waals surface area contributed by atoms with Gasteiger partial charge in [0.1, 0.15) is 4.60 Å². The summed E-state index contributed by atoms with van der Waals surface area (Å²) in [5.74, 6) is 0.306. The van der Waals surface area contributed by atoms with E-state index in [1.54, 1.807) is 6.20 Å². The summed E-state index contributed by atoms with van der Waals surface area (Å²) in [5.41, 5.74) is 8.29. The third-order valence-corrected chi connectivity index (χ3v) is 3.00. The minimum absolute atomic E-state index is 0.306. The number of anilines is 1. The molecule has 0 spiro atoms. The molecule has 0 amide bonds. The average molecular weight is 279 g/mol. The number of rotatable bonds is 1. The van der Waals surface area contributed by atoms with Crippen LogP contribution in [-0.4, -0.2) is 15.4 Å². The lowest BCUT2D eigenvalue weighted by atomic mass is 10.1. The van der Waals surface area contributed by atoms with Crippen LogP contribution in [0.3, 0.4) is 0 Å². The fourth-order valence-corrected chi connectivity index (χ4v) is 2.21. The van der Waals surface area contributed by atoms with Crippen molar-refractivity contribution >= 4 is 32.7 Å². The number of nitrogens with one attached hydrogen (secondary N) is 1. The first-order valence-electron chi connectivity index (χ1n) is 4.60. The van der Waals surface area contributed by atoms with Crippen molar-refractivity contribution in [3.8, 4) is 11.1 Å². The molecule has 0 bridgehead atoms. The number of fused-ring (bicyclic) bond motifs is 1. The van der Waals surface area contributed by atoms with Crippen LogP contribution in [0, 0.1) is 0 Å². The van der Waals surface area contributed by atoms with E-state index in [9.17, 15) is 0 Å². The second-order valence-corrected chi connectivity index (χ2v) is 4.13. The summed E-state index contributed by atoms with van der Waals surface area (Å²) >= 11 is 3.42. The number of hydrogen-bond acceptors (Lipinski definition) is 4. The molecule has 0 aliphatic carbocycles. The van der Waals surface area contributed by atoms with E-state index < -0.39 is 0 Å². The van der Waals surface area contributed by atoms with E-state index in [0.717, 1.165) is 26.6 Å². The van der Waals surface area contributed by atoms with Crippen LogP contribution >= 0.6 is 15.9 Å². The average Bonchev–Trinajstić information content (AvgIpc) is 2.86. The lowest BCUT2D eigenvalue weighted by Crippen LogP contribution is -1.85. The Morgan fingerprint density at radius 1 is 1.31 bits per heavy atom. The van der Waals surface area contributed by atoms with Gasteiger partial charge in [-0.25, -0.2) is 0 Å². The maximum absolute atomic E-state index is 5.71. The smallest absolute Gasteiger partial charge is 0.229 e. The molecule has 5 nitrogen and oxygen atoms in total. The molecule has 0 atom stereocenters. The number of nitrogen functional groups attached to an aromatic ring is 1. The van der Waals surface area contributed by atoms with Crippen LogP contribution in [0.15, 0.2) is 33.5 Å². The Morgan fingerprint density at radius 3 is 2.94 bits per heavy atom. The maximum atomic E-state index is 5.71. The number of hydrogen-bond donors (Lipinski definition) is 2. The summed E-state index contributed by atoms with van der Waals surface area (Å²) in [5, 5.41) is 11.7. The second-order valence-electron chi connectivity index (χ2n) is 3.34. The Hall–Kier alpha value is -1.82. The van der Waals surface area contributed by atoms with Crippen molar-refractivity contribution in [2.24, 2.45) is 0 Å². The van der Waals surface area contributed by atoms with Crippen LogP contribution in [0.2, 0.25) is 0 Å². The molecular formula is C10H7BrN4O. The first-order valence-corrected chi connectivity index (χ1v) is 5.40. The Bertz CT molecular complexity index is 658. The van der Waals surface area contributed by atoms with Gasteiger partial charge in [0.25, 0.3) is 0 Å². The molecule has 0 saturated heterocycles. The Morgan fingerprint density at radius 2 is 2.19 bits per heavy atom. The number of H-pyrrole nitrogens is 1. The Labute approximate surface area is 98.7 Å². The number of aromatic amines is 1. The lowest BCUT2D eigenvalue weighted by Gasteiger charge is -1.99. The molecule has 1 aromatic carbocycles. The van der Waals surface area contributed by atoms with Crippen LogP contribution in [0.5, 0.6) is 0 Å². The van der Waals surface area contributed by atoms with Gasteiger partial charge >= 0.3 is 0 Å². The molecular weight excluding hydrogens is 272 g/mol. The Balaban J connectivity index is 2.39. The summed E-state index contributed by atoms with van der Waals surface area (Å²) in [6.07, 6.45) is 1.60. The third kappa shape index (κ3) is 1.23. The zero-order chi connectivity index (χ0) is 11.1. The van der Waals surface area contributed by atoms with Crippen molar-refractivity contribution in [1.29, 1.82) is 0 Å². The fourth-order valence-electron chi connectivity index (χ4n) is 1.70. The standard InChI is InChI=1S/C10H7BrN4O/c11-9-8-5(6-4-13-16-10(6)12)2-1-3-7(8)14-15-9/h1-4H,12H2,(H,14,15). The second kappa shape index (κ2) is 3.34. The highest BCUT2D eigenvalue weighted by atomic mass is 79.9. The summed E-state index contributed by atoms with van der Waals surface area (Å²) in [4.78, 5) is 0. The molecule has 3 rings (SSSR count). The zero-order valence-electron chi connectivity index (χ0n) is 8.07. The third-order valence-electron chi connectivity index (χ3n) is 2.42. The van der Waals surface area contributed by atoms with E-state index in [1.165, 1.54) is 0 Å². The molecule has 80 valence electrons. The summed E-state index contributed by atoms with van der Waals surface area (Å²) in [6, 6.07) is 5.78. The highest BCUT2D eigenvalue weighted by molar-refractivity contribution is 9.10. The number of aromatic nitrogens is 3. The highest BCUT2D eigenvalue weighted by Crippen LogP contribution is 2.34. The van der Waals surface area contributed by atoms with Crippen LogP contribution < -0.4 is 5.73 Å². The van der Waals surface area contributed by atoms with Gasteiger partial charge in [0.2, 0.25) is 5.88 Å². The van der Waals surface area contributed by atoms with Gasteiger partial charge in [-0.3, -0.25) is 5.10 Å². The quantitative estimate of drug-likeness (QED) is 0.717. The van der Waals surface area contributed by atoms with Crippen molar-refractivity contribution in [3.63, 3.8) is 0 Å². The predicted molar refractivity (Wildman–Crippen MR) is 63.7 cm³/mol. The molecule has 0 saturated carbocycles. The monoisotopic (exact) mass is 278 g/mol. The molecule has 0 radical (unpaired) electrons. The van der Waals surface area contributed by atoms with Crippen LogP contribution in [-0.2, 0) is 0 Å². The molecule has 3 N–H and O–H groups in total. The van der Waals surface area contributed by atoms with Crippen molar-refractivity contribution in [1.82, 2.24) is 15.4 Å². The van der Waals surface area contributed by atoms with Crippen molar-refractivity contribution < 1.29 is 4.52 Å². The maximum Gasteiger partial charge on any atom is 0.229 e. The molecule has 3 aromatic rings. The SMILES string of the molecule is Nc1oncc1-c1cccc2n[nH]c(Br)c12. The van der Waals surface area contributed by atoms with Crippen LogP contribution in [0.1, 0.15) is 0 Å². The number of nitrogens with zero attached hydrogens (tertiary/aromatic N) is 2. The number of halogens is 1. The van der Waals surface area contributed by atoms with Gasteiger partial charge in [-0.2, -0.15) is 5.10 Å². The van der Waals surface area contributed by atoms with Gasteiger partial charge < -0.3 is 10.3 Å². The minimum Gasteiger partial charge on any atom is -0.367 e. The van der Waals surface area contributed by atoms with E-state index in [0.29, 0.717) is 5.88 Å². The molecule has 6 heteroatoms.